The number of carbonyl (C=O) groups is 1. The Bertz CT molecular complexity index is 1130. The van der Waals surface area contributed by atoms with Crippen LogP contribution in [-0.2, 0) is 19.4 Å². The number of aromatic nitrogens is 1. The highest BCUT2D eigenvalue weighted by Crippen LogP contribution is 2.28. The molecule has 0 aliphatic carbocycles. The highest BCUT2D eigenvalue weighted by molar-refractivity contribution is 5.94. The molecule has 178 valence electrons. The van der Waals surface area contributed by atoms with Gasteiger partial charge < -0.3 is 14.9 Å². The van der Waals surface area contributed by atoms with Crippen LogP contribution < -0.4 is 0 Å². The molecule has 1 fully saturated rings. The quantitative estimate of drug-likeness (QED) is 0.555. The van der Waals surface area contributed by atoms with E-state index < -0.39 is 0 Å². The summed E-state index contributed by atoms with van der Waals surface area (Å²) in [6.07, 6.45) is 6.04. The maximum Gasteiger partial charge on any atom is 0.255 e. The van der Waals surface area contributed by atoms with Gasteiger partial charge in [0.1, 0.15) is 0 Å². The molecule has 1 unspecified atom stereocenters. The molecule has 1 N–H and O–H groups in total. The molecule has 3 aromatic rings. The summed E-state index contributed by atoms with van der Waals surface area (Å²) in [6.45, 7) is 6.01. The van der Waals surface area contributed by atoms with E-state index in [1.807, 2.05) is 4.90 Å². The second-order valence-corrected chi connectivity index (χ2v) is 9.34. The Kier molecular flexibility index (Phi) is 7.54. The van der Waals surface area contributed by atoms with Gasteiger partial charge in [0.15, 0.2) is 0 Å². The minimum atomic E-state index is -0.0720. The second-order valence-electron chi connectivity index (χ2n) is 9.34. The van der Waals surface area contributed by atoms with Gasteiger partial charge in [0.05, 0.1) is 5.56 Å². The number of pyridine rings is 1. The molecule has 0 saturated carbocycles. The number of hydrogen-bond donors (Lipinski definition) is 1. The van der Waals surface area contributed by atoms with Crippen molar-refractivity contribution in [1.82, 2.24) is 14.8 Å². The van der Waals surface area contributed by atoms with Crippen LogP contribution in [-0.4, -0.2) is 51.5 Å². The summed E-state index contributed by atoms with van der Waals surface area (Å²) >= 11 is 0. The Hall–Kier alpha value is -2.89. The standard InChI is InChI=1S/C28H31N3O2.ClH/c1-20-3-2-14-30(20)15-12-21-4-6-22(7-5-21)23-8-9-26-19-31(16-13-24(26)17-23)28(33)25-10-11-27(32)29-18-25;/h4-11,17-18,20H,2-3,12-16,19H2,1H3,(H,29,32);1H. The van der Waals surface area contributed by atoms with Crippen molar-refractivity contribution in [2.24, 2.45) is 0 Å². The Morgan fingerprint density at radius 3 is 2.53 bits per heavy atom. The first kappa shape index (κ1) is 24.2. The zero-order valence-corrected chi connectivity index (χ0v) is 20.4. The van der Waals surface area contributed by atoms with Crippen molar-refractivity contribution in [3.05, 3.63) is 83.0 Å². The highest BCUT2D eigenvalue weighted by Gasteiger charge is 2.23. The van der Waals surface area contributed by atoms with E-state index in [-0.39, 0.29) is 24.2 Å². The summed E-state index contributed by atoms with van der Waals surface area (Å²) < 4.78 is 0. The molecular weight excluding hydrogens is 446 g/mol. The summed E-state index contributed by atoms with van der Waals surface area (Å²) in [7, 11) is 0. The molecule has 0 radical (unpaired) electrons. The predicted octanol–water partition coefficient (Wildman–Crippen LogP) is 5.10. The van der Waals surface area contributed by atoms with Gasteiger partial charge in [0, 0.05) is 37.9 Å². The zero-order valence-electron chi connectivity index (χ0n) is 19.6. The lowest BCUT2D eigenvalue weighted by atomic mass is 9.94. The highest BCUT2D eigenvalue weighted by atomic mass is 35.5. The SMILES string of the molecule is CC1CCCN1CCc1ccc(-c2ccc3c(c2)CCN(C(=O)c2ccc(O)nc2)C3)cc1.Cl. The molecule has 2 aliphatic rings. The second kappa shape index (κ2) is 10.6. The predicted molar refractivity (Wildman–Crippen MR) is 137 cm³/mol. The third kappa shape index (κ3) is 5.26. The van der Waals surface area contributed by atoms with Crippen LogP contribution in [0.4, 0.5) is 0 Å². The summed E-state index contributed by atoms with van der Waals surface area (Å²) in [5.74, 6) is -0.117. The lowest BCUT2D eigenvalue weighted by molar-refractivity contribution is 0.0734. The maximum atomic E-state index is 12.8. The lowest BCUT2D eigenvalue weighted by Crippen LogP contribution is -2.36. The molecule has 2 aromatic carbocycles. The van der Waals surface area contributed by atoms with Gasteiger partial charge >= 0.3 is 0 Å². The monoisotopic (exact) mass is 477 g/mol. The Balaban J connectivity index is 0.00000274. The number of aromatic hydroxyl groups is 1. The van der Waals surface area contributed by atoms with Crippen LogP contribution in [0.15, 0.2) is 60.8 Å². The van der Waals surface area contributed by atoms with Gasteiger partial charge in [-0.15, -0.1) is 12.4 Å². The lowest BCUT2D eigenvalue weighted by Gasteiger charge is -2.29. The molecule has 1 atom stereocenters. The number of rotatable bonds is 5. The van der Waals surface area contributed by atoms with Crippen LogP contribution >= 0.6 is 12.4 Å². The van der Waals surface area contributed by atoms with E-state index in [2.05, 4.69) is 59.3 Å². The van der Waals surface area contributed by atoms with E-state index in [1.54, 1.807) is 6.07 Å². The number of halogens is 1. The van der Waals surface area contributed by atoms with E-state index in [0.717, 1.165) is 25.4 Å². The number of nitrogens with zero attached hydrogens (tertiary/aromatic N) is 3. The number of fused-ring (bicyclic) bond motifs is 1. The number of hydrogen-bond acceptors (Lipinski definition) is 4. The van der Waals surface area contributed by atoms with Gasteiger partial charge in [-0.25, -0.2) is 4.98 Å². The third-order valence-electron chi connectivity index (χ3n) is 7.17. The maximum absolute atomic E-state index is 12.8. The van der Waals surface area contributed by atoms with Crippen LogP contribution in [0.25, 0.3) is 11.1 Å². The molecule has 2 aliphatic heterocycles. The summed E-state index contributed by atoms with van der Waals surface area (Å²) in [5.41, 5.74) is 6.88. The number of amides is 1. The van der Waals surface area contributed by atoms with Gasteiger partial charge in [-0.3, -0.25) is 4.79 Å². The van der Waals surface area contributed by atoms with E-state index >= 15 is 0 Å². The van der Waals surface area contributed by atoms with E-state index in [1.165, 1.54) is 59.5 Å². The van der Waals surface area contributed by atoms with Crippen molar-refractivity contribution < 1.29 is 9.90 Å². The van der Waals surface area contributed by atoms with Crippen molar-refractivity contribution in [3.8, 4) is 17.0 Å². The molecule has 5 nitrogen and oxygen atoms in total. The van der Waals surface area contributed by atoms with E-state index in [4.69, 9.17) is 0 Å². The molecule has 5 rings (SSSR count). The first-order chi connectivity index (χ1) is 16.1. The minimum absolute atomic E-state index is 0. The van der Waals surface area contributed by atoms with Gasteiger partial charge in [-0.2, -0.15) is 0 Å². The molecule has 34 heavy (non-hydrogen) atoms. The van der Waals surface area contributed by atoms with Gasteiger partial charge in [0.2, 0.25) is 5.88 Å². The Morgan fingerprint density at radius 2 is 1.82 bits per heavy atom. The molecule has 1 aromatic heterocycles. The third-order valence-corrected chi connectivity index (χ3v) is 7.17. The van der Waals surface area contributed by atoms with Crippen LogP contribution in [0.1, 0.15) is 46.8 Å². The fourth-order valence-corrected chi connectivity index (χ4v) is 5.06. The van der Waals surface area contributed by atoms with Crippen LogP contribution in [0.2, 0.25) is 0 Å². The molecule has 1 saturated heterocycles. The number of benzene rings is 2. The normalized spacial score (nSPS) is 17.8. The van der Waals surface area contributed by atoms with Crippen molar-refractivity contribution in [2.75, 3.05) is 19.6 Å². The molecule has 3 heterocycles. The van der Waals surface area contributed by atoms with Crippen molar-refractivity contribution >= 4 is 18.3 Å². The Morgan fingerprint density at radius 1 is 1.03 bits per heavy atom. The molecule has 1 amide bonds. The van der Waals surface area contributed by atoms with Crippen LogP contribution in [0, 0.1) is 0 Å². The average molecular weight is 478 g/mol. The first-order valence-electron chi connectivity index (χ1n) is 12.0. The van der Waals surface area contributed by atoms with Gasteiger partial charge in [-0.05, 0) is 73.0 Å². The Labute approximate surface area is 207 Å². The fourth-order valence-electron chi connectivity index (χ4n) is 5.06. The average Bonchev–Trinajstić information content (AvgIpc) is 3.27. The largest absolute Gasteiger partial charge is 0.493 e. The molecule has 0 bridgehead atoms. The van der Waals surface area contributed by atoms with Crippen molar-refractivity contribution in [1.29, 1.82) is 0 Å². The fraction of sp³-hybridized carbons (Fsp3) is 0.357. The molecule has 0 spiro atoms. The molecule has 6 heteroatoms. The minimum Gasteiger partial charge on any atom is -0.493 e. The summed E-state index contributed by atoms with van der Waals surface area (Å²) in [5, 5.41) is 9.36. The van der Waals surface area contributed by atoms with Crippen LogP contribution in [0.3, 0.4) is 0 Å². The summed E-state index contributed by atoms with van der Waals surface area (Å²) in [6, 6.07) is 19.4. The summed E-state index contributed by atoms with van der Waals surface area (Å²) in [4.78, 5) is 21.1. The zero-order chi connectivity index (χ0) is 22.8. The van der Waals surface area contributed by atoms with Gasteiger partial charge in [-0.1, -0.05) is 42.5 Å². The van der Waals surface area contributed by atoms with Gasteiger partial charge in [0.25, 0.3) is 5.91 Å². The van der Waals surface area contributed by atoms with E-state index in [9.17, 15) is 9.90 Å². The van der Waals surface area contributed by atoms with Crippen LogP contribution in [0.5, 0.6) is 5.88 Å². The van der Waals surface area contributed by atoms with E-state index in [0.29, 0.717) is 18.7 Å². The van der Waals surface area contributed by atoms with Crippen molar-refractivity contribution in [3.63, 3.8) is 0 Å². The smallest absolute Gasteiger partial charge is 0.255 e. The number of carbonyl (C=O) groups excluding carboxylic acids is 1. The number of likely N-dealkylation sites (tertiary alicyclic amines) is 1. The topological polar surface area (TPSA) is 56.7 Å². The first-order valence-corrected chi connectivity index (χ1v) is 12.0. The molecular formula is C28H32ClN3O2. The van der Waals surface area contributed by atoms with Crippen molar-refractivity contribution in [2.45, 2.75) is 45.2 Å².